The molecule has 0 saturated carbocycles. The van der Waals surface area contributed by atoms with Gasteiger partial charge in [-0.2, -0.15) is 0 Å². The summed E-state index contributed by atoms with van der Waals surface area (Å²) in [4.78, 5) is 0. The summed E-state index contributed by atoms with van der Waals surface area (Å²) in [5.74, 6) is 0. The molecule has 34 valence electrons. The second-order valence-electron chi connectivity index (χ2n) is 0.311. The van der Waals surface area contributed by atoms with Crippen LogP contribution in [0.3, 0.4) is 0 Å². The van der Waals surface area contributed by atoms with Gasteiger partial charge in [0.1, 0.15) is 0 Å². The van der Waals surface area contributed by atoms with Crippen LogP contribution < -0.4 is 0 Å². The van der Waals surface area contributed by atoms with Crippen LogP contribution in [0, 0.1) is 0 Å². The van der Waals surface area contributed by atoms with Gasteiger partial charge in [-0.3, -0.25) is 0 Å². The molecule has 0 aromatic carbocycles. The van der Waals surface area contributed by atoms with Crippen LogP contribution in [-0.2, 0) is 0 Å². The van der Waals surface area contributed by atoms with Gasteiger partial charge in [0.05, 0.1) is 0 Å². The van der Waals surface area contributed by atoms with E-state index >= 15 is 0 Å². The molecule has 0 saturated heterocycles. The summed E-state index contributed by atoms with van der Waals surface area (Å²) in [5.41, 5.74) is 0. The summed E-state index contributed by atoms with van der Waals surface area (Å²) < 4.78 is 0. The number of rotatable bonds is 0. The number of hydrogen-bond acceptors (Lipinski definition) is 2. The third-order valence-electron chi connectivity index (χ3n) is 0. The normalized spacial score (nSPS) is 4.50. The molecule has 2 N–H and O–H groups in total. The second kappa shape index (κ2) is 10.7. The van der Waals surface area contributed by atoms with Gasteiger partial charge in [0.25, 0.3) is 0 Å². The summed E-state index contributed by atoms with van der Waals surface area (Å²) in [5, 5.41) is 14.8. The zero-order valence-electron chi connectivity index (χ0n) is 5.26. The van der Waals surface area contributed by atoms with Crippen LogP contribution in [0.5, 0.6) is 0 Å². The number of halogens is 1. The molecule has 0 fully saturated rings. The van der Waals surface area contributed by atoms with Crippen LogP contribution in [0.15, 0.2) is 0 Å². The van der Waals surface area contributed by atoms with E-state index in [9.17, 15) is 0 Å². The molecule has 0 heterocycles. The van der Waals surface area contributed by atoms with Gasteiger partial charge in [-0.15, -0.1) is 11.5 Å². The van der Waals surface area contributed by atoms with E-state index in [4.69, 9.17) is 10.0 Å². The van der Waals surface area contributed by atoms with E-state index in [1.807, 2.05) is 0 Å². The zero-order valence-corrected chi connectivity index (χ0v) is 14.0. The Hall–Kier alpha value is 2.77. The molecular weight excluding hydrogens is 423 g/mol. The average Bonchev–Trinajstić information content (AvgIpc) is 0.811. The zero-order chi connectivity index (χ0) is 3.58. The Morgan fingerprint density at radius 2 is 1.50 bits per heavy atom. The quantitative estimate of drug-likeness (QED) is 0.444. The second-order valence-corrected chi connectivity index (χ2v) is 0.701. The Morgan fingerprint density at radius 1 is 1.50 bits per heavy atom. The topological polar surface area (TPSA) is 40.5 Å². The summed E-state index contributed by atoms with van der Waals surface area (Å²) in [6, 6.07) is 0. The standard InChI is InChI=1S/BClH2O2.Ba.Pb.4H/c2-1(3)4;;;;;;/h3-4H;;;;;;/q;+2;;;;2*-1. The van der Waals surface area contributed by atoms with E-state index in [0.717, 1.165) is 0 Å². The van der Waals surface area contributed by atoms with Crippen molar-refractivity contribution in [2.24, 2.45) is 0 Å². The Balaban J connectivity index is -0.00000000750. The van der Waals surface area contributed by atoms with Gasteiger partial charge in [0, 0.05) is 0 Å². The fourth-order valence-corrected chi connectivity index (χ4v) is 0. The first-order chi connectivity index (χ1) is 1.73. The molecule has 6 heteroatoms. The van der Waals surface area contributed by atoms with E-state index in [1.165, 1.54) is 0 Å². The fourth-order valence-electron chi connectivity index (χ4n) is 0. The third kappa shape index (κ3) is 29.4. The van der Waals surface area contributed by atoms with Gasteiger partial charge in [0.15, 0.2) is 0 Å². The van der Waals surface area contributed by atoms with Gasteiger partial charge < -0.3 is 12.9 Å². The van der Waals surface area contributed by atoms with E-state index < -0.39 is 6.53 Å². The number of hydrogen-bond donors (Lipinski definition) is 2. The van der Waals surface area contributed by atoms with Crippen molar-refractivity contribution in [2.45, 2.75) is 0 Å². The molecule has 0 rings (SSSR count). The Labute approximate surface area is 105 Å². The minimum absolute atomic E-state index is 0. The van der Waals surface area contributed by atoms with Crippen molar-refractivity contribution < 1.29 is 12.9 Å². The van der Waals surface area contributed by atoms with Crippen molar-refractivity contribution in [3.63, 3.8) is 0 Å². The van der Waals surface area contributed by atoms with Crippen molar-refractivity contribution in [3.8, 4) is 0 Å². The minimum atomic E-state index is -1.69. The van der Waals surface area contributed by atoms with Gasteiger partial charge >= 0.3 is 82.7 Å². The molecule has 0 aliphatic carbocycles. The molecule has 0 bridgehead atoms. The van der Waals surface area contributed by atoms with Gasteiger partial charge in [-0.25, -0.2) is 0 Å². The Bertz CT molecular complexity index is 24.8. The van der Waals surface area contributed by atoms with Crippen molar-refractivity contribution >= 4 is 94.2 Å². The molecule has 2 nitrogen and oxygen atoms in total. The monoisotopic (exact) mass is 430 g/mol. The van der Waals surface area contributed by atoms with Crippen LogP contribution in [-0.4, -0.2) is 92.8 Å². The van der Waals surface area contributed by atoms with Crippen LogP contribution in [0.2, 0.25) is 0 Å². The predicted octanol–water partition coefficient (Wildman–Crippen LogP) is -1.88. The van der Waals surface area contributed by atoms with Crippen molar-refractivity contribution in [1.82, 2.24) is 0 Å². The molecular formula is H6BBaClO2Pb. The average molecular weight is 429 g/mol. The molecule has 2 radical (unpaired) electrons. The maximum atomic E-state index is 7.38. The van der Waals surface area contributed by atoms with E-state index in [0.29, 0.717) is 0 Å². The SMILES string of the molecule is OB(O)Cl.[Ba+2].[H-].[H-].[PbH2]. The third-order valence-corrected chi connectivity index (χ3v) is 0. The summed E-state index contributed by atoms with van der Waals surface area (Å²) in [6.07, 6.45) is 0. The van der Waals surface area contributed by atoms with Crippen molar-refractivity contribution in [1.29, 1.82) is 0 Å². The molecule has 0 aliphatic heterocycles. The van der Waals surface area contributed by atoms with Crippen LogP contribution >= 0.6 is 11.5 Å². The summed E-state index contributed by atoms with van der Waals surface area (Å²) in [6.45, 7) is -1.69. The van der Waals surface area contributed by atoms with Crippen LogP contribution in [0.1, 0.15) is 2.85 Å². The van der Waals surface area contributed by atoms with Crippen LogP contribution in [0.25, 0.3) is 0 Å². The van der Waals surface area contributed by atoms with E-state index in [-0.39, 0.29) is 79.0 Å². The maximum absolute atomic E-state index is 7.38. The molecule has 0 aromatic heterocycles. The van der Waals surface area contributed by atoms with E-state index in [1.54, 1.807) is 0 Å². The van der Waals surface area contributed by atoms with Crippen molar-refractivity contribution in [2.75, 3.05) is 0 Å². The van der Waals surface area contributed by atoms with Crippen LogP contribution in [0.4, 0.5) is 0 Å². The Morgan fingerprint density at radius 3 is 1.50 bits per heavy atom. The first-order valence-electron chi connectivity index (χ1n) is 0.735. The molecule has 6 heavy (non-hydrogen) atoms. The first kappa shape index (κ1) is 15.9. The molecule has 0 aromatic rings. The molecule has 0 aliphatic rings. The fraction of sp³-hybridized carbons (Fsp3) is 0. The predicted molar refractivity (Wildman–Crippen MR) is 32.6 cm³/mol. The Kier molecular flexibility index (Phi) is 28.3. The summed E-state index contributed by atoms with van der Waals surface area (Å²) >= 11 is 4.39. The molecule has 0 unspecified atom stereocenters. The van der Waals surface area contributed by atoms with Gasteiger partial charge in [-0.05, 0) is 0 Å². The molecule has 0 amide bonds. The molecule has 0 spiro atoms. The summed E-state index contributed by atoms with van der Waals surface area (Å²) in [7, 11) is 0. The first-order valence-corrected chi connectivity index (χ1v) is 1.17. The molecule has 0 atom stereocenters. The van der Waals surface area contributed by atoms with E-state index in [2.05, 4.69) is 11.5 Å². The van der Waals surface area contributed by atoms with Gasteiger partial charge in [-0.1, -0.05) is 0 Å². The van der Waals surface area contributed by atoms with Crippen molar-refractivity contribution in [3.05, 3.63) is 0 Å². The van der Waals surface area contributed by atoms with Gasteiger partial charge in [0.2, 0.25) is 0 Å².